The van der Waals surface area contributed by atoms with Gasteiger partial charge in [0.05, 0.1) is 19.6 Å². The summed E-state index contributed by atoms with van der Waals surface area (Å²) in [5.74, 6) is 4.01. The number of aliphatic hydroxyl groups is 1. The molecule has 0 saturated carbocycles. The number of nitrogens with zero attached hydrogens (tertiary/aromatic N) is 3. The zero-order valence-electron chi connectivity index (χ0n) is 20.8. The normalized spacial score (nSPS) is 15.8. The van der Waals surface area contributed by atoms with Gasteiger partial charge in [0, 0.05) is 25.6 Å². The van der Waals surface area contributed by atoms with Crippen molar-refractivity contribution in [1.82, 2.24) is 15.1 Å². The molecule has 1 unspecified atom stereocenters. The lowest BCUT2D eigenvalue weighted by molar-refractivity contribution is 0.0598. The van der Waals surface area contributed by atoms with E-state index in [9.17, 15) is 5.11 Å². The van der Waals surface area contributed by atoms with Crippen molar-refractivity contribution in [2.45, 2.75) is 31.8 Å². The minimum atomic E-state index is -0.614. The molecule has 0 spiro atoms. The van der Waals surface area contributed by atoms with E-state index in [1.807, 2.05) is 36.4 Å². The summed E-state index contributed by atoms with van der Waals surface area (Å²) < 4.78 is 28.2. The van der Waals surface area contributed by atoms with E-state index in [0.717, 1.165) is 42.8 Å². The maximum Gasteiger partial charge on any atom is 0.283 e. The molecule has 0 aliphatic carbocycles. The number of methoxy groups -OCH3 is 2. The number of aromatic nitrogens is 2. The molecule has 0 amide bonds. The monoisotopic (exact) mass is 493 g/mol. The molecule has 9 nitrogen and oxygen atoms in total. The predicted octanol–water partition coefficient (Wildman–Crippen LogP) is 4.43. The summed E-state index contributed by atoms with van der Waals surface area (Å²) in [7, 11) is 3.35. The van der Waals surface area contributed by atoms with Gasteiger partial charge in [-0.1, -0.05) is 12.1 Å². The number of likely N-dealkylation sites (tertiary alicyclic amines) is 1. The van der Waals surface area contributed by atoms with Gasteiger partial charge < -0.3 is 33.1 Å². The molecule has 3 heterocycles. The van der Waals surface area contributed by atoms with Crippen molar-refractivity contribution in [1.29, 1.82) is 0 Å². The van der Waals surface area contributed by atoms with Crippen molar-refractivity contribution in [3.63, 3.8) is 0 Å². The Bertz CT molecular complexity index is 1310. The van der Waals surface area contributed by atoms with Crippen LogP contribution in [0.25, 0.3) is 22.6 Å². The second-order valence-corrected chi connectivity index (χ2v) is 9.05. The van der Waals surface area contributed by atoms with E-state index in [2.05, 4.69) is 21.2 Å². The summed E-state index contributed by atoms with van der Waals surface area (Å²) in [6, 6.07) is 13.4. The predicted molar refractivity (Wildman–Crippen MR) is 134 cm³/mol. The third kappa shape index (κ3) is 5.17. The molecular formula is C27H31N3O6. The molecular weight excluding hydrogens is 462 g/mol. The molecule has 9 heteroatoms. The molecule has 5 rings (SSSR count). The highest BCUT2D eigenvalue weighted by atomic mass is 16.5. The number of rotatable bonds is 9. The van der Waals surface area contributed by atoms with Crippen molar-refractivity contribution >= 4 is 11.0 Å². The van der Waals surface area contributed by atoms with E-state index in [-0.39, 0.29) is 6.61 Å². The number of piperidine rings is 1. The van der Waals surface area contributed by atoms with Crippen LogP contribution < -0.4 is 14.2 Å². The lowest BCUT2D eigenvalue weighted by Crippen LogP contribution is -2.40. The number of hydrogen-bond acceptors (Lipinski definition) is 9. The first-order valence-electron chi connectivity index (χ1n) is 12.1. The van der Waals surface area contributed by atoms with Crippen LogP contribution in [0, 0.1) is 6.92 Å². The van der Waals surface area contributed by atoms with Gasteiger partial charge in [-0.3, -0.25) is 0 Å². The molecule has 2 aromatic heterocycles. The third-order valence-corrected chi connectivity index (χ3v) is 6.63. The van der Waals surface area contributed by atoms with E-state index >= 15 is 0 Å². The molecule has 0 bridgehead atoms. The zero-order chi connectivity index (χ0) is 25.1. The van der Waals surface area contributed by atoms with Crippen LogP contribution in [0.15, 0.2) is 51.3 Å². The Hall–Kier alpha value is -3.56. The molecule has 0 radical (unpaired) electrons. The zero-order valence-corrected chi connectivity index (χ0v) is 20.8. The maximum atomic E-state index is 10.7. The Balaban J connectivity index is 1.16. The Labute approximate surface area is 209 Å². The van der Waals surface area contributed by atoms with Gasteiger partial charge in [-0.15, -0.1) is 10.2 Å². The molecule has 190 valence electrons. The first-order chi connectivity index (χ1) is 17.5. The minimum Gasteiger partial charge on any atom is -0.497 e. The van der Waals surface area contributed by atoms with Crippen LogP contribution in [0.3, 0.4) is 0 Å². The number of benzene rings is 2. The summed E-state index contributed by atoms with van der Waals surface area (Å²) in [5, 5.41) is 19.3. The van der Waals surface area contributed by atoms with Gasteiger partial charge >= 0.3 is 0 Å². The van der Waals surface area contributed by atoms with Gasteiger partial charge in [-0.25, -0.2) is 0 Å². The average Bonchev–Trinajstić information content (AvgIpc) is 3.54. The number of ether oxygens (including phenoxy) is 3. The fraction of sp³-hybridized carbons (Fsp3) is 0.407. The van der Waals surface area contributed by atoms with Crippen LogP contribution in [-0.4, -0.2) is 66.8 Å². The third-order valence-electron chi connectivity index (χ3n) is 6.63. The SMILES string of the molecule is COc1ccc(C2CCN(CC(O)COc3cccc4oc(-c5nnc(C)o5)cc34)CC2)c(OC)c1. The summed E-state index contributed by atoms with van der Waals surface area (Å²) in [4.78, 5) is 2.29. The fourth-order valence-electron chi connectivity index (χ4n) is 4.78. The molecule has 1 saturated heterocycles. The molecule has 1 atom stereocenters. The highest BCUT2D eigenvalue weighted by Gasteiger charge is 2.25. The van der Waals surface area contributed by atoms with Crippen molar-refractivity contribution in [3.8, 4) is 28.9 Å². The van der Waals surface area contributed by atoms with Crippen LogP contribution >= 0.6 is 0 Å². The number of aryl methyl sites for hydroxylation is 1. The van der Waals surface area contributed by atoms with Crippen LogP contribution in [0.4, 0.5) is 0 Å². The van der Waals surface area contributed by atoms with E-state index in [0.29, 0.717) is 41.3 Å². The van der Waals surface area contributed by atoms with Crippen molar-refractivity contribution in [2.75, 3.05) is 40.5 Å². The molecule has 4 aromatic rings. The van der Waals surface area contributed by atoms with Gasteiger partial charge in [-0.2, -0.15) is 0 Å². The molecule has 1 N–H and O–H groups in total. The van der Waals surface area contributed by atoms with Crippen LogP contribution in [0.2, 0.25) is 0 Å². The van der Waals surface area contributed by atoms with E-state index < -0.39 is 6.10 Å². The molecule has 1 fully saturated rings. The van der Waals surface area contributed by atoms with Gasteiger partial charge in [0.15, 0.2) is 5.76 Å². The van der Waals surface area contributed by atoms with Gasteiger partial charge in [0.2, 0.25) is 5.89 Å². The highest BCUT2D eigenvalue weighted by molar-refractivity contribution is 5.87. The van der Waals surface area contributed by atoms with E-state index in [4.69, 9.17) is 23.0 Å². The van der Waals surface area contributed by atoms with Crippen LogP contribution in [-0.2, 0) is 0 Å². The smallest absolute Gasteiger partial charge is 0.283 e. The standard InChI is InChI=1S/C27H31N3O6/c1-17-28-29-27(35-17)26-14-22-23(5-4-6-24(22)36-26)34-16-19(31)15-30-11-9-18(10-12-30)21-8-7-20(32-2)13-25(21)33-3/h4-8,13-14,18-19,31H,9-12,15-16H2,1-3H3. The Morgan fingerprint density at radius 1 is 1.03 bits per heavy atom. The maximum absolute atomic E-state index is 10.7. The van der Waals surface area contributed by atoms with Crippen molar-refractivity contribution in [3.05, 3.63) is 53.9 Å². The number of furan rings is 1. The molecule has 36 heavy (non-hydrogen) atoms. The van der Waals surface area contributed by atoms with Crippen molar-refractivity contribution < 1.29 is 28.2 Å². The quantitative estimate of drug-likeness (QED) is 0.363. The lowest BCUT2D eigenvalue weighted by Gasteiger charge is -2.33. The Kier molecular flexibility index (Phi) is 7.11. The van der Waals surface area contributed by atoms with Crippen LogP contribution in [0.5, 0.6) is 17.2 Å². The molecule has 1 aliphatic rings. The summed E-state index contributed by atoms with van der Waals surface area (Å²) in [6.07, 6.45) is 1.39. The first-order valence-corrected chi connectivity index (χ1v) is 12.1. The summed E-state index contributed by atoms with van der Waals surface area (Å²) in [6.45, 7) is 4.28. The first kappa shape index (κ1) is 24.1. The van der Waals surface area contributed by atoms with Crippen molar-refractivity contribution in [2.24, 2.45) is 0 Å². The second-order valence-electron chi connectivity index (χ2n) is 9.05. The van der Waals surface area contributed by atoms with Crippen LogP contribution in [0.1, 0.15) is 30.2 Å². The fourth-order valence-corrected chi connectivity index (χ4v) is 4.78. The van der Waals surface area contributed by atoms with E-state index in [1.54, 1.807) is 21.1 Å². The number of hydrogen-bond donors (Lipinski definition) is 1. The van der Waals surface area contributed by atoms with Gasteiger partial charge in [0.1, 0.15) is 35.5 Å². The van der Waals surface area contributed by atoms with Gasteiger partial charge in [-0.05, 0) is 55.6 Å². The number of aliphatic hydroxyl groups excluding tert-OH is 1. The Morgan fingerprint density at radius 3 is 2.58 bits per heavy atom. The Morgan fingerprint density at radius 2 is 1.86 bits per heavy atom. The molecule has 2 aromatic carbocycles. The number of fused-ring (bicyclic) bond motifs is 1. The lowest BCUT2D eigenvalue weighted by atomic mass is 9.88. The molecule has 1 aliphatic heterocycles. The largest absolute Gasteiger partial charge is 0.497 e. The topological polar surface area (TPSA) is 103 Å². The summed E-state index contributed by atoms with van der Waals surface area (Å²) >= 11 is 0. The number of β-amino-alcohol motifs (C(OH)–C–C–N with tert-alkyl or cyclic N) is 1. The van der Waals surface area contributed by atoms with E-state index in [1.165, 1.54) is 5.56 Å². The highest BCUT2D eigenvalue weighted by Crippen LogP contribution is 2.36. The van der Waals surface area contributed by atoms with Gasteiger partial charge in [0.25, 0.3) is 5.89 Å². The second kappa shape index (κ2) is 10.6. The summed E-state index contributed by atoms with van der Waals surface area (Å²) in [5.41, 5.74) is 1.87. The minimum absolute atomic E-state index is 0.186. The average molecular weight is 494 g/mol.